The van der Waals surface area contributed by atoms with Crippen molar-refractivity contribution in [2.45, 2.75) is 64.0 Å². The van der Waals surface area contributed by atoms with E-state index >= 15 is 0 Å². The third-order valence-electron chi connectivity index (χ3n) is 5.01. The highest BCUT2D eigenvalue weighted by atomic mass is 32.1. The second kappa shape index (κ2) is 9.72. The van der Waals surface area contributed by atoms with Crippen molar-refractivity contribution in [1.29, 1.82) is 0 Å². The lowest BCUT2D eigenvalue weighted by atomic mass is 9.91. The molecule has 5 nitrogen and oxygen atoms in total. The Morgan fingerprint density at radius 1 is 1.10 bits per heavy atom. The minimum atomic E-state index is -4.75. The number of hydrogen-bond donors (Lipinski definition) is 1. The Bertz CT molecular complexity index is 902. The van der Waals surface area contributed by atoms with Gasteiger partial charge in [-0.3, -0.25) is 9.59 Å². The molecule has 1 heterocycles. The van der Waals surface area contributed by atoms with E-state index in [1.165, 1.54) is 35.6 Å². The van der Waals surface area contributed by atoms with E-state index in [2.05, 4.69) is 10.1 Å². The Hall–Kier alpha value is -2.55. The number of rotatable bonds is 7. The first kappa shape index (κ1) is 23.1. The molecule has 1 aliphatic carbocycles. The van der Waals surface area contributed by atoms with Gasteiger partial charge in [0.1, 0.15) is 5.75 Å². The molecule has 0 spiro atoms. The van der Waals surface area contributed by atoms with Crippen LogP contribution in [0.4, 0.5) is 13.2 Å². The monoisotopic (exact) mass is 455 g/mol. The molecular weight excluding hydrogens is 431 g/mol. The summed E-state index contributed by atoms with van der Waals surface area (Å²) in [4.78, 5) is 25.4. The molecule has 1 amide bonds. The minimum absolute atomic E-state index is 0.300. The first-order chi connectivity index (χ1) is 14.7. The topological polar surface area (TPSA) is 64.6 Å². The fourth-order valence-corrected chi connectivity index (χ4v) is 4.38. The number of thiophene rings is 1. The van der Waals surface area contributed by atoms with Crippen molar-refractivity contribution in [2.75, 3.05) is 0 Å². The van der Waals surface area contributed by atoms with E-state index in [0.29, 0.717) is 41.7 Å². The van der Waals surface area contributed by atoms with E-state index < -0.39 is 12.1 Å². The van der Waals surface area contributed by atoms with Gasteiger partial charge in [0.15, 0.2) is 5.72 Å². The predicted octanol–water partition coefficient (Wildman–Crippen LogP) is 6.05. The second-order valence-electron chi connectivity index (χ2n) is 7.50. The number of esters is 1. The summed E-state index contributed by atoms with van der Waals surface area (Å²) in [7, 11) is 0. The Kier molecular flexibility index (Phi) is 7.25. The highest BCUT2D eigenvalue weighted by molar-refractivity contribution is 7.12. The Labute approximate surface area is 182 Å². The van der Waals surface area contributed by atoms with E-state index in [1.807, 2.05) is 6.92 Å². The predicted molar refractivity (Wildman–Crippen MR) is 111 cm³/mol. The number of halogens is 3. The summed E-state index contributed by atoms with van der Waals surface area (Å²) in [6.45, 7) is 1.89. The molecule has 1 aliphatic rings. The lowest BCUT2D eigenvalue weighted by molar-refractivity contribution is -0.274. The quantitative estimate of drug-likeness (QED) is 0.408. The van der Waals surface area contributed by atoms with Gasteiger partial charge in [0, 0.05) is 19.3 Å². The Morgan fingerprint density at radius 2 is 1.77 bits per heavy atom. The highest BCUT2D eigenvalue weighted by Gasteiger charge is 2.38. The summed E-state index contributed by atoms with van der Waals surface area (Å²) < 4.78 is 46.5. The van der Waals surface area contributed by atoms with Crippen LogP contribution < -0.4 is 10.1 Å². The summed E-state index contributed by atoms with van der Waals surface area (Å²) in [5.74, 6) is -0.963. The van der Waals surface area contributed by atoms with E-state index in [1.54, 1.807) is 11.4 Å². The molecule has 0 bridgehead atoms. The summed E-state index contributed by atoms with van der Waals surface area (Å²) in [5.41, 5.74) is 0.378. The molecule has 0 aliphatic heterocycles. The fourth-order valence-electron chi connectivity index (χ4n) is 3.57. The van der Waals surface area contributed by atoms with Crippen LogP contribution in [0, 0.1) is 0 Å². The molecule has 168 valence electrons. The second-order valence-corrected chi connectivity index (χ2v) is 8.42. The van der Waals surface area contributed by atoms with Crippen LogP contribution in [0.25, 0.3) is 11.1 Å². The van der Waals surface area contributed by atoms with Crippen LogP contribution in [-0.2, 0) is 9.53 Å². The zero-order chi connectivity index (χ0) is 22.5. The zero-order valence-corrected chi connectivity index (χ0v) is 17.9. The molecule has 9 heteroatoms. The molecule has 0 unspecified atom stereocenters. The van der Waals surface area contributed by atoms with E-state index in [0.717, 1.165) is 19.3 Å². The third kappa shape index (κ3) is 6.46. The zero-order valence-electron chi connectivity index (χ0n) is 17.1. The molecule has 0 atom stereocenters. The molecule has 1 aromatic carbocycles. The minimum Gasteiger partial charge on any atom is -0.439 e. The van der Waals surface area contributed by atoms with E-state index in [9.17, 15) is 22.8 Å². The van der Waals surface area contributed by atoms with Crippen molar-refractivity contribution in [3.63, 3.8) is 0 Å². The number of nitrogens with one attached hydrogen (secondary N) is 1. The number of ether oxygens (including phenoxy) is 2. The number of amides is 1. The molecule has 1 N–H and O–H groups in total. The number of carbonyl (C=O) groups is 2. The van der Waals surface area contributed by atoms with Crippen molar-refractivity contribution in [3.8, 4) is 16.9 Å². The normalized spacial score (nSPS) is 15.9. The van der Waals surface area contributed by atoms with Crippen molar-refractivity contribution in [1.82, 2.24) is 5.32 Å². The van der Waals surface area contributed by atoms with Crippen molar-refractivity contribution in [2.24, 2.45) is 0 Å². The highest BCUT2D eigenvalue weighted by Crippen LogP contribution is 2.32. The maximum atomic E-state index is 12.9. The van der Waals surface area contributed by atoms with Gasteiger partial charge in [-0.2, -0.15) is 0 Å². The van der Waals surface area contributed by atoms with Crippen LogP contribution in [0.5, 0.6) is 5.75 Å². The molecule has 1 saturated carbocycles. The summed E-state index contributed by atoms with van der Waals surface area (Å²) in [6.07, 6.45) is 0.132. The van der Waals surface area contributed by atoms with Crippen LogP contribution in [0.2, 0.25) is 0 Å². The number of carbonyl (C=O) groups excluding carboxylic acids is 2. The summed E-state index contributed by atoms with van der Waals surface area (Å²) in [6, 6.07) is 7.12. The first-order valence-electron chi connectivity index (χ1n) is 10.2. The Balaban J connectivity index is 1.70. The number of alkyl halides is 3. The third-order valence-corrected chi connectivity index (χ3v) is 5.94. The van der Waals surface area contributed by atoms with Gasteiger partial charge in [0.25, 0.3) is 5.91 Å². The molecule has 3 rings (SSSR count). The fraction of sp³-hybridized carbons (Fsp3) is 0.455. The van der Waals surface area contributed by atoms with Crippen molar-refractivity contribution < 1.29 is 32.2 Å². The molecule has 1 fully saturated rings. The summed E-state index contributed by atoms with van der Waals surface area (Å²) >= 11 is 1.22. The lowest BCUT2D eigenvalue weighted by Crippen LogP contribution is -2.52. The maximum absolute atomic E-state index is 12.9. The van der Waals surface area contributed by atoms with Gasteiger partial charge in [-0.05, 0) is 54.0 Å². The SMILES string of the molecule is CCCC(=O)OC1(NC(=O)c2cc(-c3ccc(OC(F)(F)F)cc3)cs2)CCCCC1. The van der Waals surface area contributed by atoms with Crippen LogP contribution in [-0.4, -0.2) is 24.0 Å². The smallest absolute Gasteiger partial charge is 0.439 e. The van der Waals surface area contributed by atoms with Crippen molar-refractivity contribution in [3.05, 3.63) is 40.6 Å². The molecular formula is C22H24F3NO4S. The van der Waals surface area contributed by atoms with Gasteiger partial charge in [0.2, 0.25) is 0 Å². The largest absolute Gasteiger partial charge is 0.573 e. The van der Waals surface area contributed by atoms with Crippen LogP contribution in [0.1, 0.15) is 61.5 Å². The first-order valence-corrected chi connectivity index (χ1v) is 11.1. The standard InChI is InChI=1S/C22H24F3NO4S/c1-2-6-19(27)30-21(11-4-3-5-12-21)26-20(28)18-13-16(14-31-18)15-7-9-17(10-8-15)29-22(23,24)25/h7-10,13-14H,2-6,11-12H2,1H3,(H,26,28). The van der Waals surface area contributed by atoms with Gasteiger partial charge in [-0.25, -0.2) is 0 Å². The van der Waals surface area contributed by atoms with E-state index in [4.69, 9.17) is 4.74 Å². The van der Waals surface area contributed by atoms with Crippen LogP contribution >= 0.6 is 11.3 Å². The van der Waals surface area contributed by atoms with Gasteiger partial charge in [-0.1, -0.05) is 25.5 Å². The molecule has 31 heavy (non-hydrogen) atoms. The van der Waals surface area contributed by atoms with Gasteiger partial charge in [0.05, 0.1) is 4.88 Å². The number of benzene rings is 1. The van der Waals surface area contributed by atoms with Crippen LogP contribution in [0.3, 0.4) is 0 Å². The molecule has 0 radical (unpaired) electrons. The Morgan fingerprint density at radius 3 is 2.39 bits per heavy atom. The molecule has 2 aromatic rings. The molecule has 1 aromatic heterocycles. The van der Waals surface area contributed by atoms with E-state index in [-0.39, 0.29) is 17.6 Å². The van der Waals surface area contributed by atoms with Gasteiger partial charge in [-0.15, -0.1) is 24.5 Å². The summed E-state index contributed by atoms with van der Waals surface area (Å²) in [5, 5.41) is 4.68. The average Bonchev–Trinajstić information content (AvgIpc) is 3.18. The average molecular weight is 455 g/mol. The maximum Gasteiger partial charge on any atom is 0.573 e. The molecule has 0 saturated heterocycles. The van der Waals surface area contributed by atoms with Crippen molar-refractivity contribution >= 4 is 23.2 Å². The van der Waals surface area contributed by atoms with Gasteiger partial charge < -0.3 is 14.8 Å². The lowest BCUT2D eigenvalue weighted by Gasteiger charge is -2.37. The van der Waals surface area contributed by atoms with Gasteiger partial charge >= 0.3 is 12.3 Å². The number of hydrogen-bond acceptors (Lipinski definition) is 5. The van der Waals surface area contributed by atoms with Crippen LogP contribution in [0.15, 0.2) is 35.7 Å².